The summed E-state index contributed by atoms with van der Waals surface area (Å²) in [7, 11) is 1.68. The average molecular weight is 325 g/mol. The first kappa shape index (κ1) is 15.9. The van der Waals surface area contributed by atoms with Gasteiger partial charge in [0.05, 0.1) is 4.90 Å². The largest absolute Gasteiger partial charge is 0.489 e. The van der Waals surface area contributed by atoms with Gasteiger partial charge in [0.1, 0.15) is 12.4 Å². The fourth-order valence-corrected chi connectivity index (χ4v) is 3.37. The Hall–Kier alpha value is -1.52. The van der Waals surface area contributed by atoms with Crippen LogP contribution in [0.4, 0.5) is 0 Å². The van der Waals surface area contributed by atoms with Crippen molar-refractivity contribution < 1.29 is 13.2 Å². The number of benzene rings is 2. The van der Waals surface area contributed by atoms with E-state index in [1.54, 1.807) is 26.0 Å². The van der Waals surface area contributed by atoms with Gasteiger partial charge in [-0.3, -0.25) is 0 Å². The first-order valence-electron chi connectivity index (χ1n) is 6.52. The van der Waals surface area contributed by atoms with Gasteiger partial charge in [0.15, 0.2) is 0 Å². The summed E-state index contributed by atoms with van der Waals surface area (Å²) in [5, 5.41) is 0. The van der Waals surface area contributed by atoms with E-state index < -0.39 is 9.05 Å². The van der Waals surface area contributed by atoms with Gasteiger partial charge in [0.25, 0.3) is 9.05 Å². The Balaban J connectivity index is 2.26. The first-order chi connectivity index (χ1) is 9.79. The van der Waals surface area contributed by atoms with Crippen molar-refractivity contribution in [2.75, 3.05) is 0 Å². The van der Waals surface area contributed by atoms with Crippen molar-refractivity contribution in [2.45, 2.75) is 32.3 Å². The van der Waals surface area contributed by atoms with Crippen LogP contribution in [0.1, 0.15) is 22.3 Å². The molecule has 0 atom stereocenters. The molecule has 0 saturated carbocycles. The van der Waals surface area contributed by atoms with Gasteiger partial charge < -0.3 is 4.74 Å². The van der Waals surface area contributed by atoms with Crippen molar-refractivity contribution in [3.63, 3.8) is 0 Å². The SMILES string of the molecule is Cc1ccccc1COc1cc(C)c(S(=O)(=O)Cl)cc1C. The number of hydrogen-bond donors (Lipinski definition) is 0. The van der Waals surface area contributed by atoms with Gasteiger partial charge in [-0.05, 0) is 55.2 Å². The monoisotopic (exact) mass is 324 g/mol. The lowest BCUT2D eigenvalue weighted by molar-refractivity contribution is 0.303. The van der Waals surface area contributed by atoms with E-state index >= 15 is 0 Å². The minimum Gasteiger partial charge on any atom is -0.489 e. The average Bonchev–Trinajstić information content (AvgIpc) is 2.39. The van der Waals surface area contributed by atoms with Crippen LogP contribution in [0.2, 0.25) is 0 Å². The molecule has 2 aromatic rings. The van der Waals surface area contributed by atoms with Crippen LogP contribution in [0.15, 0.2) is 41.3 Å². The summed E-state index contributed by atoms with van der Waals surface area (Å²) in [5.41, 5.74) is 3.58. The van der Waals surface area contributed by atoms with Gasteiger partial charge in [-0.25, -0.2) is 8.42 Å². The van der Waals surface area contributed by atoms with Gasteiger partial charge in [-0.1, -0.05) is 24.3 Å². The molecule has 0 saturated heterocycles. The predicted molar refractivity (Wildman–Crippen MR) is 84.5 cm³/mol. The van der Waals surface area contributed by atoms with E-state index in [4.69, 9.17) is 15.4 Å². The normalized spacial score (nSPS) is 11.4. The van der Waals surface area contributed by atoms with Crippen LogP contribution in [-0.4, -0.2) is 8.42 Å². The molecule has 0 aromatic heterocycles. The van der Waals surface area contributed by atoms with Gasteiger partial charge in [-0.2, -0.15) is 0 Å². The van der Waals surface area contributed by atoms with Gasteiger partial charge >= 0.3 is 0 Å². The van der Waals surface area contributed by atoms with E-state index in [9.17, 15) is 8.42 Å². The molecule has 0 heterocycles. The zero-order valence-electron chi connectivity index (χ0n) is 12.2. The van der Waals surface area contributed by atoms with E-state index in [0.717, 1.165) is 16.7 Å². The molecule has 0 spiro atoms. The molecule has 21 heavy (non-hydrogen) atoms. The van der Waals surface area contributed by atoms with Crippen molar-refractivity contribution in [2.24, 2.45) is 0 Å². The highest BCUT2D eigenvalue weighted by Gasteiger charge is 2.16. The second kappa shape index (κ2) is 6.08. The summed E-state index contributed by atoms with van der Waals surface area (Å²) < 4.78 is 28.7. The van der Waals surface area contributed by atoms with Crippen molar-refractivity contribution in [3.8, 4) is 5.75 Å². The quantitative estimate of drug-likeness (QED) is 0.795. The lowest BCUT2D eigenvalue weighted by atomic mass is 10.1. The summed E-state index contributed by atoms with van der Waals surface area (Å²) in [6.45, 7) is 5.98. The summed E-state index contributed by atoms with van der Waals surface area (Å²) in [4.78, 5) is 0.130. The third-order valence-electron chi connectivity index (χ3n) is 3.38. The Morgan fingerprint density at radius 1 is 1.00 bits per heavy atom. The Morgan fingerprint density at radius 3 is 2.29 bits per heavy atom. The molecule has 3 nitrogen and oxygen atoms in total. The highest BCUT2D eigenvalue weighted by atomic mass is 35.7. The summed E-state index contributed by atoms with van der Waals surface area (Å²) in [6, 6.07) is 11.2. The maximum absolute atomic E-state index is 11.5. The lowest BCUT2D eigenvalue weighted by Crippen LogP contribution is -2.02. The van der Waals surface area contributed by atoms with E-state index in [0.29, 0.717) is 17.9 Å². The van der Waals surface area contributed by atoms with E-state index in [1.807, 2.05) is 31.2 Å². The van der Waals surface area contributed by atoms with Crippen LogP contribution < -0.4 is 4.74 Å². The van der Waals surface area contributed by atoms with Crippen LogP contribution in [-0.2, 0) is 15.7 Å². The molecule has 0 radical (unpaired) electrons. The molecule has 0 aliphatic rings. The molecule has 0 fully saturated rings. The van der Waals surface area contributed by atoms with E-state index in [-0.39, 0.29) is 4.90 Å². The number of aryl methyl sites for hydroxylation is 3. The maximum atomic E-state index is 11.5. The van der Waals surface area contributed by atoms with Crippen molar-refractivity contribution in [1.29, 1.82) is 0 Å². The molecule has 0 unspecified atom stereocenters. The first-order valence-corrected chi connectivity index (χ1v) is 8.83. The van der Waals surface area contributed by atoms with Crippen LogP contribution in [0.5, 0.6) is 5.75 Å². The smallest absolute Gasteiger partial charge is 0.261 e. The number of rotatable bonds is 4. The second-order valence-electron chi connectivity index (χ2n) is 5.04. The minimum absolute atomic E-state index is 0.130. The fraction of sp³-hybridized carbons (Fsp3) is 0.250. The summed E-state index contributed by atoms with van der Waals surface area (Å²) in [6.07, 6.45) is 0. The third-order valence-corrected chi connectivity index (χ3v) is 4.84. The Labute approximate surface area is 129 Å². The number of ether oxygens (including phenoxy) is 1. The standard InChI is InChI=1S/C16H17ClO3S/c1-11-6-4-5-7-14(11)10-20-15-8-13(3)16(9-12(15)2)21(17,18)19/h4-9H,10H2,1-3H3. The van der Waals surface area contributed by atoms with Gasteiger partial charge in [0.2, 0.25) is 0 Å². The van der Waals surface area contributed by atoms with Gasteiger partial charge in [0, 0.05) is 10.7 Å². The Kier molecular flexibility index (Phi) is 4.59. The summed E-state index contributed by atoms with van der Waals surface area (Å²) in [5.74, 6) is 0.666. The van der Waals surface area contributed by atoms with Crippen LogP contribution in [0, 0.1) is 20.8 Å². The van der Waals surface area contributed by atoms with Crippen LogP contribution >= 0.6 is 10.7 Å². The maximum Gasteiger partial charge on any atom is 0.261 e. The van der Waals surface area contributed by atoms with Crippen LogP contribution in [0.3, 0.4) is 0 Å². The molecule has 0 bridgehead atoms. The highest BCUT2D eigenvalue weighted by Crippen LogP contribution is 2.28. The Morgan fingerprint density at radius 2 is 1.67 bits per heavy atom. The molecule has 0 aliphatic carbocycles. The molecule has 112 valence electrons. The lowest BCUT2D eigenvalue weighted by Gasteiger charge is -2.13. The zero-order chi connectivity index (χ0) is 15.6. The van der Waals surface area contributed by atoms with Crippen molar-refractivity contribution in [3.05, 3.63) is 58.7 Å². The molecular weight excluding hydrogens is 308 g/mol. The van der Waals surface area contributed by atoms with Crippen LogP contribution in [0.25, 0.3) is 0 Å². The zero-order valence-corrected chi connectivity index (χ0v) is 13.8. The number of halogens is 1. The Bertz CT molecular complexity index is 767. The van der Waals surface area contributed by atoms with Crippen molar-refractivity contribution in [1.82, 2.24) is 0 Å². The summed E-state index contributed by atoms with van der Waals surface area (Å²) >= 11 is 0. The van der Waals surface area contributed by atoms with Crippen molar-refractivity contribution >= 4 is 19.7 Å². The molecule has 2 rings (SSSR count). The molecule has 5 heteroatoms. The molecule has 0 aliphatic heterocycles. The topological polar surface area (TPSA) is 43.4 Å². The number of hydrogen-bond acceptors (Lipinski definition) is 3. The van der Waals surface area contributed by atoms with Gasteiger partial charge in [-0.15, -0.1) is 0 Å². The molecule has 0 amide bonds. The fourth-order valence-electron chi connectivity index (χ4n) is 2.11. The third kappa shape index (κ3) is 3.77. The van der Waals surface area contributed by atoms with E-state index in [1.165, 1.54) is 0 Å². The van der Waals surface area contributed by atoms with E-state index in [2.05, 4.69) is 0 Å². The molecule has 2 aromatic carbocycles. The predicted octanol–water partition coefficient (Wildman–Crippen LogP) is 4.12. The second-order valence-corrected chi connectivity index (χ2v) is 7.57. The highest BCUT2D eigenvalue weighted by molar-refractivity contribution is 8.13. The molecule has 0 N–H and O–H groups in total. The molecular formula is C16H17ClO3S. The minimum atomic E-state index is -3.73.